The molecule has 1 atom stereocenters. The molecule has 0 fully saturated rings. The van der Waals surface area contributed by atoms with Gasteiger partial charge in [0.15, 0.2) is 0 Å². The Morgan fingerprint density at radius 3 is 2.66 bits per heavy atom. The zero-order chi connectivity index (χ0) is 22.4. The highest BCUT2D eigenvalue weighted by Crippen LogP contribution is 2.37. The molecule has 0 bridgehead atoms. The molecule has 0 amide bonds. The second-order valence-electron chi connectivity index (χ2n) is 7.57. The van der Waals surface area contributed by atoms with Gasteiger partial charge < -0.3 is 24.9 Å². The lowest BCUT2D eigenvalue weighted by Gasteiger charge is -2.25. The molecule has 0 aliphatic carbocycles. The standard InChI is InChI=1S/C23H22N4O5/c1-31-12-7-8-15-14(11-12)13-9-10-24-20(19(13)25-15)18-21(28)26-23(30)27(22(18)29)16-5-3-4-6-17(16)32-2/h3-8,11,20,24-25,29H,9-10H2,1-2H3,(H,26,28,30)/t20-/m1/s1. The summed E-state index contributed by atoms with van der Waals surface area (Å²) in [6.07, 6.45) is 0.740. The Labute approximate surface area is 182 Å². The van der Waals surface area contributed by atoms with Crippen LogP contribution in [0, 0.1) is 0 Å². The number of para-hydroxylation sites is 2. The number of aromatic nitrogens is 3. The molecular weight excluding hydrogens is 412 g/mol. The van der Waals surface area contributed by atoms with Gasteiger partial charge in [0.25, 0.3) is 5.56 Å². The molecule has 2 aromatic heterocycles. The molecule has 2 aromatic carbocycles. The minimum atomic E-state index is -0.752. The maximum atomic E-state index is 12.9. The van der Waals surface area contributed by atoms with Crippen molar-refractivity contribution in [2.75, 3.05) is 20.8 Å². The summed E-state index contributed by atoms with van der Waals surface area (Å²) < 4.78 is 11.8. The van der Waals surface area contributed by atoms with Gasteiger partial charge in [-0.2, -0.15) is 0 Å². The lowest BCUT2D eigenvalue weighted by atomic mass is 9.95. The lowest BCUT2D eigenvalue weighted by molar-refractivity contribution is 0.393. The average Bonchev–Trinajstić information content (AvgIpc) is 3.17. The van der Waals surface area contributed by atoms with Crippen molar-refractivity contribution in [1.29, 1.82) is 0 Å². The van der Waals surface area contributed by atoms with Crippen LogP contribution in [-0.2, 0) is 6.42 Å². The van der Waals surface area contributed by atoms with Gasteiger partial charge in [0, 0.05) is 23.1 Å². The van der Waals surface area contributed by atoms with E-state index in [-0.39, 0.29) is 5.56 Å². The third-order valence-electron chi connectivity index (χ3n) is 5.89. The fraction of sp³-hybridized carbons (Fsp3) is 0.217. The van der Waals surface area contributed by atoms with Crippen molar-refractivity contribution < 1.29 is 14.6 Å². The van der Waals surface area contributed by atoms with Gasteiger partial charge in [-0.3, -0.25) is 9.78 Å². The van der Waals surface area contributed by atoms with E-state index in [1.165, 1.54) is 7.11 Å². The second-order valence-corrected chi connectivity index (χ2v) is 7.57. The quantitative estimate of drug-likeness (QED) is 0.390. The number of fused-ring (bicyclic) bond motifs is 3. The van der Waals surface area contributed by atoms with E-state index in [1.807, 2.05) is 18.2 Å². The van der Waals surface area contributed by atoms with Gasteiger partial charge >= 0.3 is 5.69 Å². The number of hydrogen-bond donors (Lipinski definition) is 4. The fourth-order valence-corrected chi connectivity index (χ4v) is 4.42. The van der Waals surface area contributed by atoms with Gasteiger partial charge in [0.2, 0.25) is 5.88 Å². The van der Waals surface area contributed by atoms with E-state index < -0.39 is 23.2 Å². The Balaban J connectivity index is 1.74. The maximum absolute atomic E-state index is 12.9. The Morgan fingerprint density at radius 1 is 1.06 bits per heavy atom. The van der Waals surface area contributed by atoms with Gasteiger partial charge in [0.05, 0.1) is 25.9 Å². The molecule has 164 valence electrons. The van der Waals surface area contributed by atoms with E-state index in [0.717, 1.165) is 38.9 Å². The van der Waals surface area contributed by atoms with E-state index in [1.54, 1.807) is 31.4 Å². The molecule has 0 unspecified atom stereocenters. The molecule has 9 nitrogen and oxygen atoms in total. The predicted octanol–water partition coefficient (Wildman–Crippen LogP) is 1.96. The summed E-state index contributed by atoms with van der Waals surface area (Å²) in [7, 11) is 3.09. The summed E-state index contributed by atoms with van der Waals surface area (Å²) in [5.74, 6) is 0.683. The van der Waals surface area contributed by atoms with Crippen molar-refractivity contribution in [3.63, 3.8) is 0 Å². The molecule has 0 saturated carbocycles. The SMILES string of the molecule is COc1ccc2[nH]c3c(c2c1)CCN[C@@H]3c1c(O)n(-c2ccccc2OC)c(=O)[nH]c1=O. The minimum Gasteiger partial charge on any atom is -0.497 e. The zero-order valence-electron chi connectivity index (χ0n) is 17.6. The molecular formula is C23H22N4O5. The first-order valence-corrected chi connectivity index (χ1v) is 10.2. The average molecular weight is 434 g/mol. The monoisotopic (exact) mass is 434 g/mol. The van der Waals surface area contributed by atoms with Crippen LogP contribution in [0.25, 0.3) is 16.6 Å². The van der Waals surface area contributed by atoms with Crippen molar-refractivity contribution in [3.05, 3.63) is 80.1 Å². The topological polar surface area (TPSA) is 121 Å². The predicted molar refractivity (Wildman–Crippen MR) is 119 cm³/mol. The van der Waals surface area contributed by atoms with Crippen LogP contribution in [0.3, 0.4) is 0 Å². The summed E-state index contributed by atoms with van der Waals surface area (Å²) in [4.78, 5) is 31.3. The summed E-state index contributed by atoms with van der Waals surface area (Å²) in [6, 6.07) is 11.9. The molecule has 1 aliphatic heterocycles. The molecule has 0 radical (unpaired) electrons. The number of nitrogens with zero attached hydrogens (tertiary/aromatic N) is 1. The smallest absolute Gasteiger partial charge is 0.335 e. The Kier molecular flexibility index (Phi) is 4.75. The number of rotatable bonds is 4. The van der Waals surface area contributed by atoms with Crippen molar-refractivity contribution >= 4 is 10.9 Å². The molecule has 9 heteroatoms. The van der Waals surface area contributed by atoms with Crippen LogP contribution in [-0.4, -0.2) is 40.4 Å². The first-order valence-electron chi connectivity index (χ1n) is 10.2. The Hall–Kier alpha value is -3.98. The van der Waals surface area contributed by atoms with Crippen LogP contribution in [0.5, 0.6) is 17.4 Å². The first kappa shape index (κ1) is 20.0. The van der Waals surface area contributed by atoms with Crippen molar-refractivity contribution in [2.24, 2.45) is 0 Å². The number of aromatic amines is 2. The fourth-order valence-electron chi connectivity index (χ4n) is 4.42. The number of H-pyrrole nitrogens is 2. The molecule has 0 spiro atoms. The van der Waals surface area contributed by atoms with Crippen LogP contribution >= 0.6 is 0 Å². The first-order chi connectivity index (χ1) is 15.5. The molecule has 0 saturated heterocycles. The Bertz CT molecular complexity index is 1450. The van der Waals surface area contributed by atoms with E-state index in [4.69, 9.17) is 9.47 Å². The minimum absolute atomic E-state index is 0.0509. The van der Waals surface area contributed by atoms with Crippen LogP contribution in [0.2, 0.25) is 0 Å². The number of nitrogens with one attached hydrogen (secondary N) is 3. The van der Waals surface area contributed by atoms with Crippen molar-refractivity contribution in [3.8, 4) is 23.1 Å². The van der Waals surface area contributed by atoms with E-state index >= 15 is 0 Å². The number of aromatic hydroxyl groups is 1. The normalized spacial score (nSPS) is 15.5. The van der Waals surface area contributed by atoms with E-state index in [9.17, 15) is 14.7 Å². The lowest BCUT2D eigenvalue weighted by Crippen LogP contribution is -2.38. The molecule has 4 aromatic rings. The highest BCUT2D eigenvalue weighted by molar-refractivity contribution is 5.86. The van der Waals surface area contributed by atoms with Crippen LogP contribution < -0.4 is 26.0 Å². The second kappa shape index (κ2) is 7.61. The van der Waals surface area contributed by atoms with Crippen LogP contribution in [0.15, 0.2) is 52.1 Å². The summed E-state index contributed by atoms with van der Waals surface area (Å²) in [5.41, 5.74) is 1.68. The number of benzene rings is 2. The summed E-state index contributed by atoms with van der Waals surface area (Å²) in [5, 5.41) is 15.5. The van der Waals surface area contributed by atoms with Crippen LogP contribution in [0.4, 0.5) is 0 Å². The highest BCUT2D eigenvalue weighted by atomic mass is 16.5. The highest BCUT2D eigenvalue weighted by Gasteiger charge is 2.31. The van der Waals surface area contributed by atoms with Gasteiger partial charge in [-0.1, -0.05) is 12.1 Å². The third-order valence-corrected chi connectivity index (χ3v) is 5.89. The number of ether oxygens (including phenoxy) is 2. The van der Waals surface area contributed by atoms with Gasteiger partial charge in [-0.15, -0.1) is 0 Å². The number of methoxy groups -OCH3 is 2. The van der Waals surface area contributed by atoms with Crippen molar-refractivity contribution in [1.82, 2.24) is 19.9 Å². The largest absolute Gasteiger partial charge is 0.497 e. The molecule has 32 heavy (non-hydrogen) atoms. The van der Waals surface area contributed by atoms with Crippen molar-refractivity contribution in [2.45, 2.75) is 12.5 Å². The molecule has 1 aliphatic rings. The van der Waals surface area contributed by atoms with E-state index in [2.05, 4.69) is 15.3 Å². The van der Waals surface area contributed by atoms with E-state index in [0.29, 0.717) is 18.0 Å². The molecule has 4 N–H and O–H groups in total. The van der Waals surface area contributed by atoms with Gasteiger partial charge in [-0.25, -0.2) is 9.36 Å². The zero-order valence-corrected chi connectivity index (χ0v) is 17.6. The maximum Gasteiger partial charge on any atom is 0.335 e. The number of hydrogen-bond acceptors (Lipinski definition) is 6. The Morgan fingerprint density at radius 2 is 1.88 bits per heavy atom. The summed E-state index contributed by atoms with van der Waals surface area (Å²) in [6.45, 7) is 0.592. The summed E-state index contributed by atoms with van der Waals surface area (Å²) >= 11 is 0. The molecule has 3 heterocycles. The van der Waals surface area contributed by atoms with Gasteiger partial charge in [-0.05, 0) is 42.3 Å². The third kappa shape index (κ3) is 2.97. The molecule has 5 rings (SSSR count). The van der Waals surface area contributed by atoms with Gasteiger partial charge in [0.1, 0.15) is 17.1 Å². The van der Waals surface area contributed by atoms with Crippen LogP contribution in [0.1, 0.15) is 22.9 Å².